The van der Waals surface area contributed by atoms with Crippen molar-refractivity contribution in [1.82, 2.24) is 10.3 Å². The molecule has 0 saturated carbocycles. The van der Waals surface area contributed by atoms with Crippen LogP contribution >= 0.6 is 0 Å². The molecule has 0 aliphatic carbocycles. The summed E-state index contributed by atoms with van der Waals surface area (Å²) in [6, 6.07) is 9.07. The lowest BCUT2D eigenvalue weighted by molar-refractivity contribution is 0.0878. The van der Waals surface area contributed by atoms with E-state index in [9.17, 15) is 9.59 Å². The molecule has 4 nitrogen and oxygen atoms in total. The highest BCUT2D eigenvalue weighted by molar-refractivity contribution is 6.21. The zero-order valence-corrected chi connectivity index (χ0v) is 7.65. The zero-order chi connectivity index (χ0) is 10.4. The van der Waals surface area contributed by atoms with Gasteiger partial charge in [0.2, 0.25) is 0 Å². The Hall–Kier alpha value is -2.23. The van der Waals surface area contributed by atoms with Gasteiger partial charge >= 0.3 is 0 Å². The molecular weight excluding hydrogens is 192 g/mol. The second-order valence-electron chi connectivity index (χ2n) is 3.36. The van der Waals surface area contributed by atoms with Gasteiger partial charge in [-0.25, -0.2) is 4.98 Å². The van der Waals surface area contributed by atoms with E-state index in [1.165, 1.54) is 0 Å². The first-order valence-electron chi connectivity index (χ1n) is 4.51. The minimum Gasteiger partial charge on any atom is -0.287 e. The number of pyridine rings is 1. The number of amides is 2. The van der Waals surface area contributed by atoms with Crippen molar-refractivity contribution in [3.05, 3.63) is 41.6 Å². The Balaban J connectivity index is 2.41. The van der Waals surface area contributed by atoms with Crippen LogP contribution < -0.4 is 5.32 Å². The lowest BCUT2D eigenvalue weighted by Gasteiger charge is -1.98. The molecule has 0 unspecified atom stereocenters. The first-order chi connectivity index (χ1) is 7.25. The van der Waals surface area contributed by atoms with Crippen molar-refractivity contribution < 1.29 is 9.59 Å². The fraction of sp³-hybridized carbons (Fsp3) is 0. The number of para-hydroxylation sites is 1. The third kappa shape index (κ3) is 1.05. The lowest BCUT2D eigenvalue weighted by Crippen LogP contribution is -2.20. The zero-order valence-electron chi connectivity index (χ0n) is 7.65. The Morgan fingerprint density at radius 3 is 2.73 bits per heavy atom. The summed E-state index contributed by atoms with van der Waals surface area (Å²) in [5.41, 5.74) is 1.30. The summed E-state index contributed by atoms with van der Waals surface area (Å²) in [4.78, 5) is 26.8. The van der Waals surface area contributed by atoms with Gasteiger partial charge in [-0.15, -0.1) is 0 Å². The molecule has 2 heterocycles. The molecule has 3 rings (SSSR count). The van der Waals surface area contributed by atoms with Crippen LogP contribution in [0, 0.1) is 0 Å². The highest BCUT2D eigenvalue weighted by Gasteiger charge is 2.28. The van der Waals surface area contributed by atoms with E-state index in [1.807, 2.05) is 24.3 Å². The van der Waals surface area contributed by atoms with Crippen LogP contribution in [0.25, 0.3) is 10.9 Å². The monoisotopic (exact) mass is 198 g/mol. The number of hydrogen-bond acceptors (Lipinski definition) is 3. The van der Waals surface area contributed by atoms with Crippen molar-refractivity contribution in [2.24, 2.45) is 0 Å². The molecule has 0 spiro atoms. The van der Waals surface area contributed by atoms with Gasteiger partial charge in [-0.2, -0.15) is 0 Å². The number of benzene rings is 1. The van der Waals surface area contributed by atoms with Crippen LogP contribution in [-0.4, -0.2) is 16.8 Å². The number of rotatable bonds is 0. The minimum atomic E-state index is -0.416. The highest BCUT2D eigenvalue weighted by atomic mass is 16.2. The normalized spacial score (nSPS) is 14.1. The first-order valence-corrected chi connectivity index (χ1v) is 4.51. The van der Waals surface area contributed by atoms with Crippen LogP contribution in [0.1, 0.15) is 20.8 Å². The number of aromatic nitrogens is 1. The summed E-state index contributed by atoms with van der Waals surface area (Å²) >= 11 is 0. The average molecular weight is 198 g/mol. The van der Waals surface area contributed by atoms with Gasteiger partial charge in [0, 0.05) is 5.39 Å². The van der Waals surface area contributed by atoms with Crippen LogP contribution in [-0.2, 0) is 0 Å². The molecule has 0 saturated heterocycles. The van der Waals surface area contributed by atoms with Crippen LogP contribution in [0.2, 0.25) is 0 Å². The number of fused-ring (bicyclic) bond motifs is 2. The van der Waals surface area contributed by atoms with Gasteiger partial charge in [-0.1, -0.05) is 18.2 Å². The lowest BCUT2D eigenvalue weighted by atomic mass is 10.1. The van der Waals surface area contributed by atoms with Gasteiger partial charge in [0.15, 0.2) is 0 Å². The van der Waals surface area contributed by atoms with Crippen LogP contribution in [0.4, 0.5) is 0 Å². The Bertz CT molecular complexity index is 552. The molecular formula is C11H6N2O2. The van der Waals surface area contributed by atoms with E-state index in [-0.39, 0.29) is 11.6 Å². The SMILES string of the molecule is O=C1NC(=O)c2nc3ccccc3cc21. The summed E-state index contributed by atoms with van der Waals surface area (Å²) in [6.45, 7) is 0. The second kappa shape index (κ2) is 2.63. The van der Waals surface area contributed by atoms with Gasteiger partial charge in [0.1, 0.15) is 5.69 Å². The maximum atomic E-state index is 11.3. The maximum absolute atomic E-state index is 11.3. The smallest absolute Gasteiger partial charge is 0.277 e. The van der Waals surface area contributed by atoms with Crippen molar-refractivity contribution >= 4 is 22.7 Å². The van der Waals surface area contributed by atoms with E-state index >= 15 is 0 Å². The molecule has 2 amide bonds. The topological polar surface area (TPSA) is 59.1 Å². The van der Waals surface area contributed by atoms with Crippen molar-refractivity contribution in [3.8, 4) is 0 Å². The predicted molar refractivity (Wildman–Crippen MR) is 53.5 cm³/mol. The van der Waals surface area contributed by atoms with E-state index in [2.05, 4.69) is 10.3 Å². The molecule has 0 fully saturated rings. The molecule has 1 aromatic heterocycles. The third-order valence-corrected chi connectivity index (χ3v) is 2.41. The average Bonchev–Trinajstić information content (AvgIpc) is 2.52. The standard InChI is InChI=1S/C11H6N2O2/c14-10-7-5-6-3-1-2-4-8(6)12-9(7)11(15)13-10/h1-5H,(H,13,14,15). The van der Waals surface area contributed by atoms with E-state index < -0.39 is 5.91 Å². The number of carbonyl (C=O) groups is 2. The van der Waals surface area contributed by atoms with E-state index in [4.69, 9.17) is 0 Å². The Morgan fingerprint density at radius 2 is 1.87 bits per heavy atom. The van der Waals surface area contributed by atoms with E-state index in [0.717, 1.165) is 10.9 Å². The summed E-state index contributed by atoms with van der Waals surface area (Å²) in [5, 5.41) is 3.08. The first kappa shape index (κ1) is 8.11. The molecule has 0 bridgehead atoms. The Morgan fingerprint density at radius 1 is 1.07 bits per heavy atom. The number of nitrogens with one attached hydrogen (secondary N) is 1. The van der Waals surface area contributed by atoms with Crippen molar-refractivity contribution in [3.63, 3.8) is 0 Å². The number of hydrogen-bond donors (Lipinski definition) is 1. The summed E-state index contributed by atoms with van der Waals surface area (Å²) in [7, 11) is 0. The van der Waals surface area contributed by atoms with Gasteiger partial charge in [0.25, 0.3) is 11.8 Å². The molecule has 1 aliphatic heterocycles. The van der Waals surface area contributed by atoms with Gasteiger partial charge < -0.3 is 0 Å². The summed E-state index contributed by atoms with van der Waals surface area (Å²) in [6.07, 6.45) is 0. The highest BCUT2D eigenvalue weighted by Crippen LogP contribution is 2.19. The molecule has 2 aromatic rings. The van der Waals surface area contributed by atoms with Gasteiger partial charge in [-0.3, -0.25) is 14.9 Å². The fourth-order valence-corrected chi connectivity index (χ4v) is 1.69. The van der Waals surface area contributed by atoms with Crippen molar-refractivity contribution in [2.45, 2.75) is 0 Å². The maximum Gasteiger partial charge on any atom is 0.277 e. The van der Waals surface area contributed by atoms with Crippen LogP contribution in [0.15, 0.2) is 30.3 Å². The summed E-state index contributed by atoms with van der Waals surface area (Å²) < 4.78 is 0. The molecule has 0 radical (unpaired) electrons. The van der Waals surface area contributed by atoms with E-state index in [1.54, 1.807) is 6.07 Å². The number of nitrogens with zero attached hydrogens (tertiary/aromatic N) is 1. The molecule has 4 heteroatoms. The summed E-state index contributed by atoms with van der Waals surface area (Å²) in [5.74, 6) is -0.783. The second-order valence-corrected chi connectivity index (χ2v) is 3.36. The van der Waals surface area contributed by atoms with Crippen LogP contribution in [0.5, 0.6) is 0 Å². The van der Waals surface area contributed by atoms with Gasteiger partial charge in [-0.05, 0) is 12.1 Å². The Kier molecular flexibility index (Phi) is 1.42. The predicted octanol–water partition coefficient (Wildman–Crippen LogP) is 1.12. The fourth-order valence-electron chi connectivity index (χ4n) is 1.69. The number of carbonyl (C=O) groups excluding carboxylic acids is 2. The molecule has 1 N–H and O–H groups in total. The molecule has 72 valence electrons. The van der Waals surface area contributed by atoms with E-state index in [0.29, 0.717) is 5.56 Å². The van der Waals surface area contributed by atoms with Crippen molar-refractivity contribution in [2.75, 3.05) is 0 Å². The van der Waals surface area contributed by atoms with Crippen molar-refractivity contribution in [1.29, 1.82) is 0 Å². The molecule has 15 heavy (non-hydrogen) atoms. The third-order valence-electron chi connectivity index (χ3n) is 2.41. The molecule has 1 aromatic carbocycles. The number of imide groups is 1. The Labute approximate surface area is 84.9 Å². The van der Waals surface area contributed by atoms with Crippen LogP contribution in [0.3, 0.4) is 0 Å². The largest absolute Gasteiger partial charge is 0.287 e. The minimum absolute atomic E-state index is 0.221. The molecule has 1 aliphatic rings. The van der Waals surface area contributed by atoms with Gasteiger partial charge in [0.05, 0.1) is 11.1 Å². The molecule has 0 atom stereocenters. The quantitative estimate of drug-likeness (QED) is 0.645.